The Bertz CT molecular complexity index is 504. The number of hydrogen-bond donors (Lipinski definition) is 0. The molecule has 100 valence electrons. The minimum absolute atomic E-state index is 0.247. The molecule has 0 spiro atoms. The second-order valence-corrected chi connectivity index (χ2v) is 6.13. The van der Waals surface area contributed by atoms with Gasteiger partial charge in [0.25, 0.3) is 20.2 Å². The molecule has 0 aromatic carbocycles. The zero-order chi connectivity index (χ0) is 14.1. The van der Waals surface area contributed by atoms with Crippen LogP contribution in [-0.2, 0) is 28.6 Å². The summed E-state index contributed by atoms with van der Waals surface area (Å²) in [5, 5.41) is 0. The molecule has 0 unspecified atom stereocenters. The van der Waals surface area contributed by atoms with E-state index in [-0.39, 0.29) is 13.2 Å². The maximum Gasteiger partial charge on any atom is 0.279 e. The van der Waals surface area contributed by atoms with E-state index in [1.807, 2.05) is 11.8 Å². The predicted molar refractivity (Wildman–Crippen MR) is 66.3 cm³/mol. The maximum atomic E-state index is 11.0. The Hall–Kier alpha value is -1.32. The van der Waals surface area contributed by atoms with Crippen molar-refractivity contribution in [2.75, 3.05) is 24.7 Å². The summed E-state index contributed by atoms with van der Waals surface area (Å²) < 4.78 is 52.7. The third kappa shape index (κ3) is 8.79. The second kappa shape index (κ2) is 7.90. The summed E-state index contributed by atoms with van der Waals surface area (Å²) in [6.07, 6.45) is 12.2. The van der Waals surface area contributed by atoms with Gasteiger partial charge < -0.3 is 0 Å². The Balaban J connectivity index is 3.96. The van der Waals surface area contributed by atoms with Crippen LogP contribution in [0.25, 0.3) is 0 Å². The Labute approximate surface area is 107 Å². The smallest absolute Gasteiger partial charge is 0.265 e. The Morgan fingerprint density at radius 1 is 0.833 bits per heavy atom. The standard InChI is InChI=1S/C10H12O6S2/c1-3-9-17(11,12)15-7-5-6-8-16-18(13,14)10-4-2/h1-2,5-6H,7-10H2/b6-5+. The molecule has 0 saturated carbocycles. The van der Waals surface area contributed by atoms with Crippen molar-refractivity contribution in [3.63, 3.8) is 0 Å². The molecule has 0 aliphatic heterocycles. The van der Waals surface area contributed by atoms with Crippen LogP contribution in [0.15, 0.2) is 12.2 Å². The molecule has 0 saturated heterocycles. The molecule has 0 atom stereocenters. The number of terminal acetylenes is 2. The normalized spacial score (nSPS) is 12.1. The van der Waals surface area contributed by atoms with Crippen molar-refractivity contribution in [2.45, 2.75) is 0 Å². The molecule has 18 heavy (non-hydrogen) atoms. The summed E-state index contributed by atoms with van der Waals surface area (Å²) in [5.41, 5.74) is 0. The molecule has 0 aromatic rings. The molecule has 0 fully saturated rings. The number of hydrogen-bond acceptors (Lipinski definition) is 6. The first-order valence-corrected chi connectivity index (χ1v) is 7.74. The summed E-state index contributed by atoms with van der Waals surface area (Å²) >= 11 is 0. The van der Waals surface area contributed by atoms with Gasteiger partial charge in [0.2, 0.25) is 0 Å². The monoisotopic (exact) mass is 292 g/mol. The zero-order valence-corrected chi connectivity index (χ0v) is 11.0. The number of rotatable bonds is 8. The van der Waals surface area contributed by atoms with Crippen molar-refractivity contribution in [1.29, 1.82) is 0 Å². The first-order chi connectivity index (χ1) is 8.33. The second-order valence-electron chi connectivity index (χ2n) is 2.85. The third-order valence-electron chi connectivity index (χ3n) is 1.37. The Kier molecular flexibility index (Phi) is 7.32. The molecule has 0 amide bonds. The van der Waals surface area contributed by atoms with Crippen molar-refractivity contribution in [2.24, 2.45) is 0 Å². The van der Waals surface area contributed by atoms with Gasteiger partial charge in [0, 0.05) is 0 Å². The van der Waals surface area contributed by atoms with Crippen LogP contribution in [0, 0.1) is 24.7 Å². The molecular formula is C10H12O6S2. The molecular weight excluding hydrogens is 280 g/mol. The molecule has 0 aromatic heterocycles. The van der Waals surface area contributed by atoms with Crippen LogP contribution >= 0.6 is 0 Å². The van der Waals surface area contributed by atoms with Gasteiger partial charge in [-0.05, 0) is 0 Å². The fourth-order valence-electron chi connectivity index (χ4n) is 0.709. The molecule has 0 N–H and O–H groups in total. The summed E-state index contributed by atoms with van der Waals surface area (Å²) in [7, 11) is -7.46. The highest BCUT2D eigenvalue weighted by Gasteiger charge is 2.08. The van der Waals surface area contributed by atoms with E-state index in [0.29, 0.717) is 0 Å². The van der Waals surface area contributed by atoms with Crippen LogP contribution < -0.4 is 0 Å². The average Bonchev–Trinajstić information content (AvgIpc) is 2.22. The molecule has 0 rings (SSSR count). The van der Waals surface area contributed by atoms with E-state index in [1.54, 1.807) is 0 Å². The van der Waals surface area contributed by atoms with Gasteiger partial charge in [-0.1, -0.05) is 24.0 Å². The van der Waals surface area contributed by atoms with Gasteiger partial charge in [0.05, 0.1) is 13.2 Å². The summed E-state index contributed by atoms with van der Waals surface area (Å²) in [5.74, 6) is 2.83. The van der Waals surface area contributed by atoms with Gasteiger partial charge in [0.15, 0.2) is 0 Å². The summed E-state index contributed by atoms with van der Waals surface area (Å²) in [6, 6.07) is 0. The van der Waals surface area contributed by atoms with Crippen molar-refractivity contribution in [1.82, 2.24) is 0 Å². The molecule has 6 nitrogen and oxygen atoms in total. The van der Waals surface area contributed by atoms with Gasteiger partial charge in [-0.3, -0.25) is 8.37 Å². The lowest BCUT2D eigenvalue weighted by Gasteiger charge is -1.99. The molecule has 0 aliphatic carbocycles. The highest BCUT2D eigenvalue weighted by atomic mass is 32.2. The quantitative estimate of drug-likeness (QED) is 0.340. The van der Waals surface area contributed by atoms with Crippen LogP contribution in [-0.4, -0.2) is 41.6 Å². The summed E-state index contributed by atoms with van der Waals surface area (Å²) in [4.78, 5) is 0. The van der Waals surface area contributed by atoms with Gasteiger partial charge in [-0.15, -0.1) is 12.8 Å². The molecule has 0 aliphatic rings. The lowest BCUT2D eigenvalue weighted by Crippen LogP contribution is -2.10. The first-order valence-electron chi connectivity index (χ1n) is 4.59. The third-order valence-corrected chi connectivity index (χ3v) is 3.41. The van der Waals surface area contributed by atoms with E-state index >= 15 is 0 Å². The molecule has 0 radical (unpaired) electrons. The largest absolute Gasteiger partial charge is 0.279 e. The minimum Gasteiger partial charge on any atom is -0.265 e. The highest BCUT2D eigenvalue weighted by Crippen LogP contribution is 1.94. The Morgan fingerprint density at radius 3 is 1.44 bits per heavy atom. The van der Waals surface area contributed by atoms with Crippen LogP contribution in [0.4, 0.5) is 0 Å². The van der Waals surface area contributed by atoms with E-state index in [4.69, 9.17) is 12.8 Å². The van der Waals surface area contributed by atoms with Crippen molar-refractivity contribution in [3.05, 3.63) is 12.2 Å². The van der Waals surface area contributed by atoms with E-state index in [0.717, 1.165) is 0 Å². The van der Waals surface area contributed by atoms with E-state index in [9.17, 15) is 16.8 Å². The fraction of sp³-hybridized carbons (Fsp3) is 0.400. The lowest BCUT2D eigenvalue weighted by atomic mass is 10.5. The van der Waals surface area contributed by atoms with Crippen LogP contribution in [0.5, 0.6) is 0 Å². The van der Waals surface area contributed by atoms with E-state index in [2.05, 4.69) is 8.37 Å². The minimum atomic E-state index is -3.73. The van der Waals surface area contributed by atoms with Crippen LogP contribution in [0.2, 0.25) is 0 Å². The average molecular weight is 292 g/mol. The van der Waals surface area contributed by atoms with Crippen molar-refractivity contribution < 1.29 is 25.2 Å². The van der Waals surface area contributed by atoms with Gasteiger partial charge in [0.1, 0.15) is 11.5 Å². The topological polar surface area (TPSA) is 86.7 Å². The van der Waals surface area contributed by atoms with E-state index < -0.39 is 31.7 Å². The SMILES string of the molecule is C#CCS(=O)(=O)OC/C=C/COS(=O)(=O)CC#C. The van der Waals surface area contributed by atoms with Crippen molar-refractivity contribution >= 4 is 20.2 Å². The first kappa shape index (κ1) is 16.7. The van der Waals surface area contributed by atoms with Crippen LogP contribution in [0.3, 0.4) is 0 Å². The van der Waals surface area contributed by atoms with Crippen molar-refractivity contribution in [3.8, 4) is 24.7 Å². The molecule has 8 heteroatoms. The van der Waals surface area contributed by atoms with E-state index in [1.165, 1.54) is 12.2 Å². The predicted octanol–water partition coefficient (Wildman–Crippen LogP) is -0.498. The Morgan fingerprint density at radius 2 is 1.17 bits per heavy atom. The van der Waals surface area contributed by atoms with Gasteiger partial charge in [-0.2, -0.15) is 16.8 Å². The maximum absolute atomic E-state index is 11.0. The zero-order valence-electron chi connectivity index (χ0n) is 9.40. The molecule has 0 bridgehead atoms. The molecule has 0 heterocycles. The van der Waals surface area contributed by atoms with Crippen LogP contribution in [0.1, 0.15) is 0 Å². The van der Waals surface area contributed by atoms with Gasteiger partial charge >= 0.3 is 0 Å². The summed E-state index contributed by atoms with van der Waals surface area (Å²) in [6.45, 7) is -0.495. The lowest BCUT2D eigenvalue weighted by molar-refractivity contribution is 0.348. The highest BCUT2D eigenvalue weighted by molar-refractivity contribution is 7.87. The van der Waals surface area contributed by atoms with Gasteiger partial charge in [-0.25, -0.2) is 0 Å². The fourth-order valence-corrected chi connectivity index (χ4v) is 1.86.